The fourth-order valence-corrected chi connectivity index (χ4v) is 11.2. The first kappa shape index (κ1) is 21.0. The zero-order valence-corrected chi connectivity index (χ0v) is 19.5. The number of likely N-dealkylation sites (tertiary alicyclic amines) is 1. The van der Waals surface area contributed by atoms with E-state index in [9.17, 15) is 15.3 Å². The van der Waals surface area contributed by atoms with Gasteiger partial charge in [-0.15, -0.1) is 0 Å². The third kappa shape index (κ3) is 1.68. The minimum Gasteiger partial charge on any atom is -0.392 e. The van der Waals surface area contributed by atoms with Gasteiger partial charge in [-0.1, -0.05) is 13.8 Å². The summed E-state index contributed by atoms with van der Waals surface area (Å²) in [6.07, 6.45) is 0.630. The molecule has 180 valence electrons. The molecule has 7 fully saturated rings. The number of piperidine rings is 1. The van der Waals surface area contributed by atoms with Crippen LogP contribution in [-0.2, 0) is 18.9 Å². The van der Waals surface area contributed by atoms with Crippen LogP contribution in [0.4, 0.5) is 0 Å². The molecule has 7 aliphatic rings. The molecule has 7 rings (SSSR count). The zero-order valence-electron chi connectivity index (χ0n) is 19.5. The van der Waals surface area contributed by atoms with Gasteiger partial charge in [0.05, 0.1) is 41.5 Å². The molecule has 0 radical (unpaired) electrons. The molecule has 5 aliphatic carbocycles. The van der Waals surface area contributed by atoms with Gasteiger partial charge in [-0.2, -0.15) is 0 Å². The molecule has 5 saturated carbocycles. The van der Waals surface area contributed by atoms with Crippen molar-refractivity contribution < 1.29 is 34.3 Å². The second-order valence-corrected chi connectivity index (χ2v) is 12.1. The Balaban J connectivity index is 1.60. The number of nitrogens with zero attached hydrogens (tertiary/aromatic N) is 1. The molecule has 0 aromatic heterocycles. The van der Waals surface area contributed by atoms with E-state index in [1.807, 2.05) is 0 Å². The highest BCUT2D eigenvalue weighted by atomic mass is 16.7. The van der Waals surface area contributed by atoms with Gasteiger partial charge in [0.15, 0.2) is 0 Å². The summed E-state index contributed by atoms with van der Waals surface area (Å²) in [5, 5.41) is 37.0. The molecule has 2 aliphatic heterocycles. The molecule has 2 saturated heterocycles. The van der Waals surface area contributed by atoms with E-state index in [4.69, 9.17) is 18.9 Å². The molecular formula is C24H37NO7. The Hall–Kier alpha value is -0.320. The molecule has 0 aromatic carbocycles. The van der Waals surface area contributed by atoms with Gasteiger partial charge >= 0.3 is 0 Å². The van der Waals surface area contributed by atoms with E-state index in [2.05, 4.69) is 18.7 Å². The summed E-state index contributed by atoms with van der Waals surface area (Å²) in [6.45, 7) is 6.13. The van der Waals surface area contributed by atoms with E-state index in [1.165, 1.54) is 0 Å². The van der Waals surface area contributed by atoms with Crippen LogP contribution >= 0.6 is 0 Å². The molecule has 3 N–H and O–H groups in total. The van der Waals surface area contributed by atoms with E-state index in [1.54, 1.807) is 14.2 Å². The largest absolute Gasteiger partial charge is 0.392 e. The maximum atomic E-state index is 13.0. The van der Waals surface area contributed by atoms with Gasteiger partial charge in [-0.25, -0.2) is 0 Å². The van der Waals surface area contributed by atoms with E-state index >= 15 is 0 Å². The quantitative estimate of drug-likeness (QED) is 0.557. The van der Waals surface area contributed by atoms with Crippen LogP contribution in [0, 0.1) is 28.6 Å². The molecule has 8 nitrogen and oxygen atoms in total. The predicted molar refractivity (Wildman–Crippen MR) is 112 cm³/mol. The van der Waals surface area contributed by atoms with Crippen molar-refractivity contribution in [2.45, 2.75) is 86.8 Å². The third-order valence-electron chi connectivity index (χ3n) is 11.7. The molecule has 0 amide bonds. The number of fused-ring (bicyclic) bond motifs is 1. The normalized spacial score (nSPS) is 66.5. The lowest BCUT2D eigenvalue weighted by Crippen LogP contribution is -2.85. The van der Waals surface area contributed by atoms with E-state index in [0.29, 0.717) is 12.8 Å². The maximum absolute atomic E-state index is 13.0. The number of aliphatic hydroxyl groups excluding tert-OH is 2. The topological polar surface area (TPSA) is 101 Å². The van der Waals surface area contributed by atoms with Crippen molar-refractivity contribution in [3.63, 3.8) is 0 Å². The molecule has 2 heterocycles. The molecular weight excluding hydrogens is 414 g/mol. The Labute approximate surface area is 189 Å². The van der Waals surface area contributed by atoms with Crippen molar-refractivity contribution in [2.24, 2.45) is 28.6 Å². The smallest absolute Gasteiger partial charge is 0.148 e. The van der Waals surface area contributed by atoms with Gasteiger partial charge in [-0.3, -0.25) is 4.90 Å². The van der Waals surface area contributed by atoms with Gasteiger partial charge < -0.3 is 34.3 Å². The van der Waals surface area contributed by atoms with Crippen molar-refractivity contribution in [2.75, 3.05) is 34.1 Å². The number of likely N-dealkylation sites (N-methyl/N-ethyl adjacent to an activating group) is 1. The van der Waals surface area contributed by atoms with Gasteiger partial charge in [-0.05, 0) is 31.2 Å². The van der Waals surface area contributed by atoms with Crippen LogP contribution in [-0.4, -0.2) is 102 Å². The van der Waals surface area contributed by atoms with Crippen molar-refractivity contribution in [1.82, 2.24) is 4.90 Å². The summed E-state index contributed by atoms with van der Waals surface area (Å²) in [7, 11) is 3.40. The lowest BCUT2D eigenvalue weighted by Gasteiger charge is -2.71. The summed E-state index contributed by atoms with van der Waals surface area (Å²) < 4.78 is 25.2. The fraction of sp³-hybridized carbons (Fsp3) is 1.00. The Kier molecular flexibility index (Phi) is 3.87. The van der Waals surface area contributed by atoms with E-state index < -0.39 is 40.3 Å². The number of ether oxygens (including phenoxy) is 4. The average molecular weight is 452 g/mol. The van der Waals surface area contributed by atoms with Crippen LogP contribution < -0.4 is 0 Å². The molecule has 7 bridgehead atoms. The van der Waals surface area contributed by atoms with Crippen LogP contribution in [0.5, 0.6) is 0 Å². The van der Waals surface area contributed by atoms with Crippen LogP contribution in [0.2, 0.25) is 0 Å². The lowest BCUT2D eigenvalue weighted by atomic mass is 9.41. The second-order valence-electron chi connectivity index (χ2n) is 12.1. The van der Waals surface area contributed by atoms with Crippen molar-refractivity contribution in [3.8, 4) is 0 Å². The molecule has 8 heteroatoms. The van der Waals surface area contributed by atoms with Crippen molar-refractivity contribution in [1.29, 1.82) is 0 Å². The zero-order chi connectivity index (χ0) is 22.5. The highest BCUT2D eigenvalue weighted by molar-refractivity contribution is 5.46. The Bertz CT molecular complexity index is 858. The van der Waals surface area contributed by atoms with Crippen LogP contribution in [0.15, 0.2) is 0 Å². The molecule has 3 spiro atoms. The fourth-order valence-electron chi connectivity index (χ4n) is 11.2. The van der Waals surface area contributed by atoms with Gasteiger partial charge in [0.1, 0.15) is 18.0 Å². The van der Waals surface area contributed by atoms with Crippen LogP contribution in [0.3, 0.4) is 0 Å². The third-order valence-corrected chi connectivity index (χ3v) is 11.7. The van der Waals surface area contributed by atoms with Gasteiger partial charge in [0, 0.05) is 44.9 Å². The first-order chi connectivity index (χ1) is 15.2. The first-order valence-electron chi connectivity index (χ1n) is 12.4. The van der Waals surface area contributed by atoms with Crippen molar-refractivity contribution >= 4 is 0 Å². The Morgan fingerprint density at radius 1 is 1.09 bits per heavy atom. The standard InChI is InChI=1S/C24H37NO7/c1-5-25-10-20(2)7-6-14(30-4)23-17(20)18(27)24(19(23)25)22(31-11-32-24)9-13(29-3)12-8-21(23,28)16(22)15(12)26/h12-19,26-28H,5-11H2,1-4H3/t12-,13+,14+,15+,16+,17-,18+,19+,20+,21+,22-,23-,24-/m1/s1. The van der Waals surface area contributed by atoms with E-state index in [0.717, 1.165) is 25.9 Å². The number of hydrogen-bond acceptors (Lipinski definition) is 8. The Morgan fingerprint density at radius 2 is 1.88 bits per heavy atom. The SMILES string of the molecule is CCN1C[C@]2(C)CC[C@H](OC)[C@]34[C@@H]2[C@H](O)[C@@]2(OCO[C@@]25C[C@H](OC)[C@H]2C[C@]3(O)[C@@H]5[C@H]2O)[C@@H]14. The van der Waals surface area contributed by atoms with E-state index in [-0.39, 0.29) is 42.3 Å². The number of rotatable bonds is 3. The second kappa shape index (κ2) is 5.90. The lowest BCUT2D eigenvalue weighted by molar-refractivity contribution is -0.331. The van der Waals surface area contributed by atoms with Crippen molar-refractivity contribution in [3.05, 3.63) is 0 Å². The predicted octanol–water partition coefficient (Wildman–Crippen LogP) is 0.125. The minimum atomic E-state index is -1.25. The molecule has 0 unspecified atom stereocenters. The van der Waals surface area contributed by atoms with Gasteiger partial charge in [0.2, 0.25) is 0 Å². The maximum Gasteiger partial charge on any atom is 0.148 e. The summed E-state index contributed by atoms with van der Waals surface area (Å²) in [5.41, 5.74) is -4.21. The number of hydrogen-bond donors (Lipinski definition) is 3. The molecule has 32 heavy (non-hydrogen) atoms. The van der Waals surface area contributed by atoms with Gasteiger partial charge in [0.25, 0.3) is 0 Å². The Morgan fingerprint density at radius 3 is 2.56 bits per heavy atom. The average Bonchev–Trinajstić information content (AvgIpc) is 3.29. The summed E-state index contributed by atoms with van der Waals surface area (Å²) in [6, 6.07) is -0.247. The monoisotopic (exact) mass is 451 g/mol. The number of aliphatic hydroxyl groups is 3. The minimum absolute atomic E-state index is 0.0582. The molecule has 0 aromatic rings. The summed E-state index contributed by atoms with van der Waals surface area (Å²) in [4.78, 5) is 2.43. The number of methoxy groups -OCH3 is 2. The first-order valence-corrected chi connectivity index (χ1v) is 12.4. The summed E-state index contributed by atoms with van der Waals surface area (Å²) >= 11 is 0. The summed E-state index contributed by atoms with van der Waals surface area (Å²) in [5.74, 6) is -0.904. The molecule has 13 atom stereocenters. The highest BCUT2D eigenvalue weighted by Crippen LogP contribution is 2.83. The highest BCUT2D eigenvalue weighted by Gasteiger charge is 2.96. The van der Waals surface area contributed by atoms with Crippen LogP contribution in [0.25, 0.3) is 0 Å². The van der Waals surface area contributed by atoms with Crippen LogP contribution in [0.1, 0.15) is 39.5 Å².